The first-order valence-corrected chi connectivity index (χ1v) is 8.19. The highest BCUT2D eigenvalue weighted by Crippen LogP contribution is 2.28. The van der Waals surface area contributed by atoms with E-state index in [1.807, 2.05) is 6.07 Å². The molecule has 0 aliphatic carbocycles. The number of rotatable bonds is 5. The van der Waals surface area contributed by atoms with Crippen LogP contribution < -0.4 is 10.7 Å². The van der Waals surface area contributed by atoms with Crippen LogP contribution in [0.2, 0.25) is 5.02 Å². The fourth-order valence-corrected chi connectivity index (χ4v) is 2.48. The highest BCUT2D eigenvalue weighted by molar-refractivity contribution is 6.31. The molecule has 0 aliphatic rings. The zero-order valence-corrected chi connectivity index (χ0v) is 14.6. The van der Waals surface area contributed by atoms with Crippen LogP contribution in [0.25, 0.3) is 11.3 Å². The maximum absolute atomic E-state index is 11.7. The molecular weight excluding hydrogens is 370 g/mol. The van der Waals surface area contributed by atoms with Crippen molar-refractivity contribution in [2.24, 2.45) is 5.10 Å². The first-order chi connectivity index (χ1) is 13.0. The first-order valence-electron chi connectivity index (χ1n) is 7.81. The molecule has 0 spiro atoms. The van der Waals surface area contributed by atoms with Crippen LogP contribution in [0.5, 0.6) is 0 Å². The Morgan fingerprint density at radius 2 is 1.85 bits per heavy atom. The standard InChI is InChI=1S/C19H14ClN3O4/c20-12-6-8-15(16(10-12)18(24)25)17-9-7-14(27-17)11-21-23-19(26)22-13-4-2-1-3-5-13/h1-11H,(H,24,25)(H2,22,23,26)/b21-11+. The molecule has 0 bridgehead atoms. The number of hydrogen-bond donors (Lipinski definition) is 3. The maximum atomic E-state index is 11.7. The number of carbonyl (C=O) groups excluding carboxylic acids is 1. The summed E-state index contributed by atoms with van der Waals surface area (Å²) in [5.74, 6) is -0.422. The van der Waals surface area contributed by atoms with Crippen molar-refractivity contribution in [1.29, 1.82) is 0 Å². The molecule has 1 aromatic heterocycles. The van der Waals surface area contributed by atoms with Gasteiger partial charge in [0, 0.05) is 16.3 Å². The van der Waals surface area contributed by atoms with E-state index in [4.69, 9.17) is 16.0 Å². The summed E-state index contributed by atoms with van der Waals surface area (Å²) in [6.07, 6.45) is 1.31. The average Bonchev–Trinajstić information content (AvgIpc) is 3.11. The molecule has 2 aromatic carbocycles. The van der Waals surface area contributed by atoms with Gasteiger partial charge in [-0.1, -0.05) is 29.8 Å². The second-order valence-corrected chi connectivity index (χ2v) is 5.82. The molecule has 1 heterocycles. The number of urea groups is 1. The van der Waals surface area contributed by atoms with Gasteiger partial charge in [0.1, 0.15) is 11.5 Å². The van der Waals surface area contributed by atoms with E-state index < -0.39 is 12.0 Å². The van der Waals surface area contributed by atoms with Crippen molar-refractivity contribution in [3.63, 3.8) is 0 Å². The number of nitrogens with one attached hydrogen (secondary N) is 2. The average molecular weight is 384 g/mol. The molecule has 0 fully saturated rings. The number of benzene rings is 2. The lowest BCUT2D eigenvalue weighted by Crippen LogP contribution is -2.24. The molecule has 0 saturated carbocycles. The van der Waals surface area contributed by atoms with Crippen LogP contribution in [-0.4, -0.2) is 23.3 Å². The van der Waals surface area contributed by atoms with Crippen LogP contribution in [-0.2, 0) is 0 Å². The molecule has 0 aliphatic heterocycles. The number of carbonyl (C=O) groups is 2. The minimum Gasteiger partial charge on any atom is -0.478 e. The third-order valence-corrected chi connectivity index (χ3v) is 3.73. The van der Waals surface area contributed by atoms with E-state index in [1.54, 1.807) is 48.5 Å². The molecule has 2 amide bonds. The number of hydrogen-bond acceptors (Lipinski definition) is 4. The Hall–Kier alpha value is -3.58. The highest BCUT2D eigenvalue weighted by atomic mass is 35.5. The molecule has 136 valence electrons. The number of hydrazone groups is 1. The Bertz CT molecular complexity index is 999. The zero-order valence-electron chi connectivity index (χ0n) is 13.8. The molecule has 3 rings (SSSR count). The predicted octanol–water partition coefficient (Wildman–Crippen LogP) is 4.45. The number of halogens is 1. The van der Waals surface area contributed by atoms with Gasteiger partial charge in [-0.3, -0.25) is 0 Å². The van der Waals surface area contributed by atoms with E-state index in [0.29, 0.717) is 27.8 Å². The summed E-state index contributed by atoms with van der Waals surface area (Å²) in [6, 6.07) is 16.1. The normalized spacial score (nSPS) is 10.7. The van der Waals surface area contributed by atoms with Gasteiger partial charge in [0.25, 0.3) is 0 Å². The Morgan fingerprint density at radius 3 is 2.59 bits per heavy atom. The van der Waals surface area contributed by atoms with Crippen molar-refractivity contribution in [2.45, 2.75) is 0 Å². The second kappa shape index (κ2) is 8.20. The van der Waals surface area contributed by atoms with Gasteiger partial charge in [0.05, 0.1) is 11.8 Å². The van der Waals surface area contributed by atoms with Crippen molar-refractivity contribution < 1.29 is 19.1 Å². The lowest BCUT2D eigenvalue weighted by atomic mass is 10.1. The molecule has 27 heavy (non-hydrogen) atoms. The zero-order chi connectivity index (χ0) is 19.2. The van der Waals surface area contributed by atoms with Gasteiger partial charge < -0.3 is 14.8 Å². The summed E-state index contributed by atoms with van der Waals surface area (Å²) >= 11 is 5.85. The summed E-state index contributed by atoms with van der Waals surface area (Å²) in [7, 11) is 0. The molecule has 7 nitrogen and oxygen atoms in total. The number of furan rings is 1. The summed E-state index contributed by atoms with van der Waals surface area (Å²) < 4.78 is 5.57. The molecule has 3 aromatic rings. The van der Waals surface area contributed by atoms with Crippen molar-refractivity contribution in [3.05, 3.63) is 77.0 Å². The molecule has 3 N–H and O–H groups in total. The monoisotopic (exact) mass is 383 g/mol. The van der Waals surface area contributed by atoms with Gasteiger partial charge in [-0.25, -0.2) is 15.0 Å². The number of aromatic carboxylic acids is 1. The fourth-order valence-electron chi connectivity index (χ4n) is 2.31. The van der Waals surface area contributed by atoms with E-state index in [0.717, 1.165) is 0 Å². The third-order valence-electron chi connectivity index (χ3n) is 3.49. The lowest BCUT2D eigenvalue weighted by Gasteiger charge is -2.03. The van der Waals surface area contributed by atoms with Crippen LogP contribution in [0.3, 0.4) is 0 Å². The second-order valence-electron chi connectivity index (χ2n) is 5.39. The Balaban J connectivity index is 1.67. The van der Waals surface area contributed by atoms with Crippen molar-refractivity contribution in [3.8, 4) is 11.3 Å². The minimum absolute atomic E-state index is 0.0284. The molecular formula is C19H14ClN3O4. The summed E-state index contributed by atoms with van der Waals surface area (Å²) in [4.78, 5) is 23.1. The van der Waals surface area contributed by atoms with Crippen LogP contribution in [0.4, 0.5) is 10.5 Å². The van der Waals surface area contributed by atoms with Gasteiger partial charge in [0.2, 0.25) is 0 Å². The van der Waals surface area contributed by atoms with Gasteiger partial charge in [0.15, 0.2) is 0 Å². The number of anilines is 1. The van der Waals surface area contributed by atoms with E-state index in [2.05, 4.69) is 15.8 Å². The van der Waals surface area contributed by atoms with E-state index >= 15 is 0 Å². The van der Waals surface area contributed by atoms with Gasteiger partial charge in [-0.15, -0.1) is 0 Å². The predicted molar refractivity (Wildman–Crippen MR) is 102 cm³/mol. The molecule has 0 atom stereocenters. The number of para-hydroxylation sites is 1. The van der Waals surface area contributed by atoms with Crippen LogP contribution >= 0.6 is 11.6 Å². The van der Waals surface area contributed by atoms with E-state index in [1.165, 1.54) is 12.3 Å². The molecule has 0 saturated heterocycles. The van der Waals surface area contributed by atoms with Gasteiger partial charge in [-0.05, 0) is 42.5 Å². The van der Waals surface area contributed by atoms with Crippen LogP contribution in [0, 0.1) is 0 Å². The number of amides is 2. The summed E-state index contributed by atoms with van der Waals surface area (Å²) in [6.45, 7) is 0. The SMILES string of the molecule is O=C(N/N=C/c1ccc(-c2ccc(Cl)cc2C(=O)O)o1)Nc1ccccc1. The first kappa shape index (κ1) is 18.2. The summed E-state index contributed by atoms with van der Waals surface area (Å²) in [5, 5.41) is 16.0. The fraction of sp³-hybridized carbons (Fsp3) is 0. The number of nitrogens with zero attached hydrogens (tertiary/aromatic N) is 1. The Labute approximate surface area is 159 Å². The van der Waals surface area contributed by atoms with Crippen LogP contribution in [0.1, 0.15) is 16.1 Å². The smallest absolute Gasteiger partial charge is 0.339 e. The molecule has 0 radical (unpaired) electrons. The molecule has 0 unspecified atom stereocenters. The maximum Gasteiger partial charge on any atom is 0.339 e. The van der Waals surface area contributed by atoms with E-state index in [9.17, 15) is 14.7 Å². The van der Waals surface area contributed by atoms with Gasteiger partial charge >= 0.3 is 12.0 Å². The largest absolute Gasteiger partial charge is 0.478 e. The quantitative estimate of drug-likeness (QED) is 0.447. The lowest BCUT2D eigenvalue weighted by molar-refractivity contribution is 0.0697. The number of carboxylic acid groups (broad SMARTS) is 1. The molecule has 8 heteroatoms. The van der Waals surface area contributed by atoms with Crippen LogP contribution in [0.15, 0.2) is 70.2 Å². The van der Waals surface area contributed by atoms with E-state index in [-0.39, 0.29) is 5.56 Å². The number of carboxylic acids is 1. The Kier molecular flexibility index (Phi) is 5.53. The minimum atomic E-state index is -1.11. The third kappa shape index (κ3) is 4.74. The van der Waals surface area contributed by atoms with Gasteiger partial charge in [-0.2, -0.15) is 5.10 Å². The van der Waals surface area contributed by atoms with Crippen molar-refractivity contribution >= 4 is 35.5 Å². The topological polar surface area (TPSA) is 104 Å². The van der Waals surface area contributed by atoms with Crippen molar-refractivity contribution in [1.82, 2.24) is 5.43 Å². The highest BCUT2D eigenvalue weighted by Gasteiger charge is 2.15. The summed E-state index contributed by atoms with van der Waals surface area (Å²) in [5.41, 5.74) is 3.37. The Morgan fingerprint density at radius 1 is 1.07 bits per heavy atom. The van der Waals surface area contributed by atoms with Crippen molar-refractivity contribution in [2.75, 3.05) is 5.32 Å².